The number of hydrogen-bond donors (Lipinski definition) is 0. The summed E-state index contributed by atoms with van der Waals surface area (Å²) < 4.78 is 0. The fourth-order valence-electron chi connectivity index (χ4n) is 3.77. The van der Waals surface area contributed by atoms with Gasteiger partial charge >= 0.3 is 0 Å². The molecule has 130 valence electrons. The molecule has 2 heterocycles. The number of carbonyl (C=O) groups excluding carboxylic acids is 2. The van der Waals surface area contributed by atoms with Crippen molar-refractivity contribution in [1.82, 2.24) is 9.80 Å². The van der Waals surface area contributed by atoms with Crippen LogP contribution in [0, 0.1) is 5.92 Å². The highest BCUT2D eigenvalue weighted by Gasteiger charge is 2.35. The average molecular weight is 369 g/mol. The first-order valence-corrected chi connectivity index (χ1v) is 9.24. The van der Waals surface area contributed by atoms with Crippen molar-refractivity contribution < 1.29 is 9.59 Å². The van der Waals surface area contributed by atoms with Crippen molar-refractivity contribution in [2.24, 2.45) is 5.92 Å². The third-order valence-corrected chi connectivity index (χ3v) is 5.89. The smallest absolute Gasteiger partial charge is 0.226 e. The van der Waals surface area contributed by atoms with Gasteiger partial charge in [-0.3, -0.25) is 9.59 Å². The highest BCUT2D eigenvalue weighted by atomic mass is 35.5. The zero-order valence-corrected chi connectivity index (χ0v) is 15.3. The van der Waals surface area contributed by atoms with Gasteiger partial charge in [-0.2, -0.15) is 0 Å². The van der Waals surface area contributed by atoms with E-state index in [0.717, 1.165) is 37.8 Å². The molecule has 0 unspecified atom stereocenters. The summed E-state index contributed by atoms with van der Waals surface area (Å²) >= 11 is 12.1. The monoisotopic (exact) mass is 368 g/mol. The Bertz CT molecular complexity index is 642. The zero-order valence-electron chi connectivity index (χ0n) is 13.8. The summed E-state index contributed by atoms with van der Waals surface area (Å²) in [4.78, 5) is 28.2. The minimum atomic E-state index is 0.0176. The SMILES string of the molecule is CC(=O)N1CCC(C(=O)N2CCC[C@H]2c2ccc(Cl)c(Cl)c2)CC1. The predicted molar refractivity (Wildman–Crippen MR) is 95.1 cm³/mol. The number of likely N-dealkylation sites (tertiary alicyclic amines) is 2. The Morgan fingerprint density at radius 1 is 1.04 bits per heavy atom. The fraction of sp³-hybridized carbons (Fsp3) is 0.556. The second kappa shape index (κ2) is 7.32. The number of carbonyl (C=O) groups is 2. The Labute approximate surface area is 152 Å². The van der Waals surface area contributed by atoms with Gasteiger partial charge in [0, 0.05) is 32.5 Å². The Morgan fingerprint density at radius 3 is 2.38 bits per heavy atom. The molecule has 24 heavy (non-hydrogen) atoms. The van der Waals surface area contributed by atoms with E-state index in [1.165, 1.54) is 0 Å². The highest BCUT2D eigenvalue weighted by Crippen LogP contribution is 2.36. The van der Waals surface area contributed by atoms with Gasteiger partial charge in [0.1, 0.15) is 0 Å². The molecule has 1 aromatic rings. The Hall–Kier alpha value is -1.26. The maximum Gasteiger partial charge on any atom is 0.226 e. The molecule has 2 aliphatic heterocycles. The van der Waals surface area contributed by atoms with Gasteiger partial charge in [0.15, 0.2) is 0 Å². The van der Waals surface area contributed by atoms with Gasteiger partial charge in [-0.15, -0.1) is 0 Å². The van der Waals surface area contributed by atoms with Crippen LogP contribution in [0.25, 0.3) is 0 Å². The fourth-order valence-corrected chi connectivity index (χ4v) is 4.08. The summed E-state index contributed by atoms with van der Waals surface area (Å²) in [5.41, 5.74) is 1.05. The van der Waals surface area contributed by atoms with E-state index in [1.54, 1.807) is 13.0 Å². The standard InChI is InChI=1S/C18H22Cl2N2O2/c1-12(23)21-9-6-13(7-10-21)18(24)22-8-2-3-17(22)14-4-5-15(19)16(20)11-14/h4-5,11,13,17H,2-3,6-10H2,1H3/t17-/m0/s1. The van der Waals surface area contributed by atoms with Crippen LogP contribution in [-0.2, 0) is 9.59 Å². The molecule has 1 aromatic carbocycles. The molecule has 0 N–H and O–H groups in total. The molecule has 0 radical (unpaired) electrons. The second-order valence-electron chi connectivity index (χ2n) is 6.64. The van der Waals surface area contributed by atoms with Gasteiger partial charge in [0.25, 0.3) is 0 Å². The molecular formula is C18H22Cl2N2O2. The molecule has 4 nitrogen and oxygen atoms in total. The lowest BCUT2D eigenvalue weighted by molar-refractivity contribution is -0.140. The number of nitrogens with zero attached hydrogens (tertiary/aromatic N) is 2. The first-order valence-electron chi connectivity index (χ1n) is 8.48. The van der Waals surface area contributed by atoms with Gasteiger partial charge in [-0.25, -0.2) is 0 Å². The van der Waals surface area contributed by atoms with Crippen molar-refractivity contribution >= 4 is 35.0 Å². The molecular weight excluding hydrogens is 347 g/mol. The summed E-state index contributed by atoms with van der Waals surface area (Å²) in [5.74, 6) is 0.325. The predicted octanol–water partition coefficient (Wildman–Crippen LogP) is 3.92. The van der Waals surface area contributed by atoms with Gasteiger partial charge in [-0.05, 0) is 43.4 Å². The number of rotatable bonds is 2. The van der Waals surface area contributed by atoms with Gasteiger partial charge in [0.2, 0.25) is 11.8 Å². The first-order chi connectivity index (χ1) is 11.5. The van der Waals surface area contributed by atoms with Crippen LogP contribution >= 0.6 is 23.2 Å². The summed E-state index contributed by atoms with van der Waals surface area (Å²) in [7, 11) is 0. The number of piperidine rings is 1. The summed E-state index contributed by atoms with van der Waals surface area (Å²) in [6.07, 6.45) is 3.46. The van der Waals surface area contributed by atoms with Crippen molar-refractivity contribution in [3.8, 4) is 0 Å². The Morgan fingerprint density at radius 2 is 1.75 bits per heavy atom. The van der Waals surface area contributed by atoms with E-state index >= 15 is 0 Å². The normalized spacial score (nSPS) is 22.0. The van der Waals surface area contributed by atoms with Crippen molar-refractivity contribution in [1.29, 1.82) is 0 Å². The first kappa shape index (κ1) is 17.6. The number of amides is 2. The van der Waals surface area contributed by atoms with Crippen LogP contribution in [0.15, 0.2) is 18.2 Å². The van der Waals surface area contributed by atoms with E-state index in [2.05, 4.69) is 0 Å². The summed E-state index contributed by atoms with van der Waals surface area (Å²) in [6.45, 7) is 3.73. The van der Waals surface area contributed by atoms with E-state index in [4.69, 9.17) is 23.2 Å². The van der Waals surface area contributed by atoms with Crippen LogP contribution in [0.4, 0.5) is 0 Å². The van der Waals surface area contributed by atoms with Crippen LogP contribution in [0.5, 0.6) is 0 Å². The lowest BCUT2D eigenvalue weighted by Crippen LogP contribution is -2.43. The third-order valence-electron chi connectivity index (χ3n) is 5.15. The molecule has 2 fully saturated rings. The zero-order chi connectivity index (χ0) is 17.3. The van der Waals surface area contributed by atoms with Crippen LogP contribution in [-0.4, -0.2) is 41.2 Å². The minimum absolute atomic E-state index is 0.0176. The number of hydrogen-bond acceptors (Lipinski definition) is 2. The minimum Gasteiger partial charge on any atom is -0.343 e. The van der Waals surface area contributed by atoms with Gasteiger partial charge < -0.3 is 9.80 Å². The van der Waals surface area contributed by atoms with Crippen molar-refractivity contribution in [3.63, 3.8) is 0 Å². The molecule has 3 rings (SSSR count). The molecule has 0 bridgehead atoms. The van der Waals surface area contributed by atoms with E-state index in [1.807, 2.05) is 21.9 Å². The lowest BCUT2D eigenvalue weighted by Gasteiger charge is -2.34. The molecule has 0 aromatic heterocycles. The second-order valence-corrected chi connectivity index (χ2v) is 7.46. The molecule has 2 aliphatic rings. The van der Waals surface area contributed by atoms with E-state index < -0.39 is 0 Å². The summed E-state index contributed by atoms with van der Waals surface area (Å²) in [5, 5.41) is 1.07. The number of benzene rings is 1. The van der Waals surface area contributed by atoms with Crippen molar-refractivity contribution in [2.45, 2.75) is 38.6 Å². The third kappa shape index (κ3) is 3.55. The maximum atomic E-state index is 13.0. The largest absolute Gasteiger partial charge is 0.343 e. The van der Waals surface area contributed by atoms with Crippen LogP contribution in [0.3, 0.4) is 0 Å². The lowest BCUT2D eigenvalue weighted by atomic mass is 9.94. The molecule has 1 atom stereocenters. The molecule has 2 amide bonds. The van der Waals surface area contributed by atoms with E-state index in [9.17, 15) is 9.59 Å². The van der Waals surface area contributed by atoms with E-state index in [-0.39, 0.29) is 23.8 Å². The topological polar surface area (TPSA) is 40.6 Å². The van der Waals surface area contributed by atoms with Crippen LogP contribution in [0.2, 0.25) is 10.0 Å². The molecule has 6 heteroatoms. The number of halogens is 2. The van der Waals surface area contributed by atoms with Crippen molar-refractivity contribution in [3.05, 3.63) is 33.8 Å². The quantitative estimate of drug-likeness (QED) is 0.793. The van der Waals surface area contributed by atoms with Crippen molar-refractivity contribution in [2.75, 3.05) is 19.6 Å². The van der Waals surface area contributed by atoms with Gasteiger partial charge in [-0.1, -0.05) is 29.3 Å². The highest BCUT2D eigenvalue weighted by molar-refractivity contribution is 6.42. The maximum absolute atomic E-state index is 13.0. The van der Waals surface area contributed by atoms with E-state index in [0.29, 0.717) is 23.1 Å². The molecule has 0 saturated carbocycles. The van der Waals surface area contributed by atoms with Crippen LogP contribution in [0.1, 0.15) is 44.2 Å². The molecule has 2 saturated heterocycles. The Balaban J connectivity index is 1.70. The molecule has 0 aliphatic carbocycles. The molecule has 0 spiro atoms. The van der Waals surface area contributed by atoms with Crippen LogP contribution < -0.4 is 0 Å². The average Bonchev–Trinajstić information content (AvgIpc) is 3.06. The Kier molecular flexibility index (Phi) is 5.36. The van der Waals surface area contributed by atoms with Gasteiger partial charge in [0.05, 0.1) is 16.1 Å². The summed E-state index contributed by atoms with van der Waals surface area (Å²) in [6, 6.07) is 5.71.